The first-order chi connectivity index (χ1) is 7.68. The minimum Gasteiger partial charge on any atom is -0.363 e. The maximum atomic E-state index is 11.5. The van der Waals surface area contributed by atoms with Crippen LogP contribution in [0.4, 0.5) is 0 Å². The van der Waals surface area contributed by atoms with Crippen LogP contribution < -0.4 is 10.6 Å². The summed E-state index contributed by atoms with van der Waals surface area (Å²) in [5.74, 6) is -0.0541. The Morgan fingerprint density at radius 1 is 1.69 bits per heavy atom. The third-order valence-corrected chi connectivity index (χ3v) is 3.47. The molecule has 0 atom stereocenters. The molecule has 0 saturated carbocycles. The van der Waals surface area contributed by atoms with Crippen molar-refractivity contribution in [2.45, 2.75) is 19.1 Å². The first-order valence-corrected chi connectivity index (χ1v) is 6.20. The van der Waals surface area contributed by atoms with E-state index in [4.69, 9.17) is 4.74 Å². The Morgan fingerprint density at radius 2 is 2.50 bits per heavy atom. The van der Waals surface area contributed by atoms with Gasteiger partial charge in [-0.3, -0.25) is 4.79 Å². The highest BCUT2D eigenvalue weighted by atomic mass is 32.1. The van der Waals surface area contributed by atoms with Gasteiger partial charge in [0.15, 0.2) is 0 Å². The number of rotatable bonds is 5. The summed E-state index contributed by atoms with van der Waals surface area (Å²) in [6.07, 6.45) is 0. The molecule has 1 aliphatic rings. The fourth-order valence-corrected chi connectivity index (χ4v) is 2.11. The van der Waals surface area contributed by atoms with E-state index in [-0.39, 0.29) is 18.1 Å². The van der Waals surface area contributed by atoms with Crippen LogP contribution in [0.1, 0.15) is 11.8 Å². The highest BCUT2D eigenvalue weighted by molar-refractivity contribution is 7.09. The lowest BCUT2D eigenvalue weighted by Gasteiger charge is -2.38. The molecule has 1 aromatic heterocycles. The maximum Gasteiger partial charge on any atom is 0.246 e. The smallest absolute Gasteiger partial charge is 0.246 e. The molecule has 1 saturated heterocycles. The molecule has 2 rings (SSSR count). The fourth-order valence-electron chi connectivity index (χ4n) is 1.47. The van der Waals surface area contributed by atoms with Crippen molar-refractivity contribution in [3.8, 4) is 0 Å². The second-order valence-electron chi connectivity index (χ2n) is 4.20. The van der Waals surface area contributed by atoms with Gasteiger partial charge in [-0.1, -0.05) is 6.07 Å². The molecule has 88 valence electrons. The predicted octanol–water partition coefficient (Wildman–Crippen LogP) is 0.743. The van der Waals surface area contributed by atoms with E-state index in [1.165, 1.54) is 0 Å². The Balaban J connectivity index is 1.65. The van der Waals surface area contributed by atoms with Gasteiger partial charge in [0.2, 0.25) is 5.91 Å². The molecule has 0 unspecified atom stereocenters. The molecule has 0 radical (unpaired) electrons. The molecule has 4 nitrogen and oxygen atoms in total. The number of hydrogen-bond acceptors (Lipinski definition) is 4. The average molecular weight is 240 g/mol. The molecule has 0 aliphatic carbocycles. The van der Waals surface area contributed by atoms with Crippen molar-refractivity contribution in [2.24, 2.45) is 0 Å². The summed E-state index contributed by atoms with van der Waals surface area (Å²) in [6, 6.07) is 3.98. The first kappa shape index (κ1) is 11.6. The molecular weight excluding hydrogens is 224 g/mol. The van der Waals surface area contributed by atoms with E-state index in [2.05, 4.69) is 10.6 Å². The van der Waals surface area contributed by atoms with Crippen molar-refractivity contribution in [2.75, 3.05) is 19.7 Å². The van der Waals surface area contributed by atoms with Gasteiger partial charge in [0.1, 0.15) is 6.61 Å². The van der Waals surface area contributed by atoms with Crippen LogP contribution in [-0.2, 0) is 16.1 Å². The van der Waals surface area contributed by atoms with E-state index in [1.807, 2.05) is 24.4 Å². The number of thiophene rings is 1. The van der Waals surface area contributed by atoms with Gasteiger partial charge in [0, 0.05) is 18.0 Å². The highest BCUT2D eigenvalue weighted by Crippen LogP contribution is 2.14. The number of hydrogen-bond donors (Lipinski definition) is 2. The molecule has 1 fully saturated rings. The fraction of sp³-hybridized carbons (Fsp3) is 0.545. The average Bonchev–Trinajstić information content (AvgIpc) is 2.73. The Hall–Kier alpha value is -0.910. The normalized spacial score (nSPS) is 17.8. The van der Waals surface area contributed by atoms with Crippen LogP contribution in [0.5, 0.6) is 0 Å². The monoisotopic (exact) mass is 240 g/mol. The molecule has 0 spiro atoms. The summed E-state index contributed by atoms with van der Waals surface area (Å²) in [6.45, 7) is 4.39. The van der Waals surface area contributed by atoms with Crippen molar-refractivity contribution in [3.05, 3.63) is 22.4 Å². The molecular formula is C11H16N2O2S. The van der Waals surface area contributed by atoms with Gasteiger partial charge in [0.25, 0.3) is 0 Å². The zero-order valence-electron chi connectivity index (χ0n) is 9.29. The number of nitrogens with one attached hydrogen (secondary N) is 2. The molecule has 0 aromatic carbocycles. The Kier molecular flexibility index (Phi) is 3.58. The molecule has 1 aromatic rings. The van der Waals surface area contributed by atoms with E-state index in [1.54, 1.807) is 11.3 Å². The number of carbonyl (C=O) groups is 1. The van der Waals surface area contributed by atoms with Crippen LogP contribution in [0.3, 0.4) is 0 Å². The van der Waals surface area contributed by atoms with E-state index in [0.29, 0.717) is 6.54 Å². The van der Waals surface area contributed by atoms with Gasteiger partial charge < -0.3 is 15.4 Å². The second-order valence-corrected chi connectivity index (χ2v) is 5.23. The maximum absolute atomic E-state index is 11.5. The number of ether oxygens (including phenoxy) is 1. The topological polar surface area (TPSA) is 50.4 Å². The lowest BCUT2D eigenvalue weighted by atomic mass is 10.0. The quantitative estimate of drug-likeness (QED) is 0.798. The summed E-state index contributed by atoms with van der Waals surface area (Å²) < 4.78 is 5.53. The molecule has 0 bridgehead atoms. The van der Waals surface area contributed by atoms with Crippen LogP contribution in [0, 0.1) is 0 Å². The lowest BCUT2D eigenvalue weighted by molar-refractivity contribution is -0.135. The van der Waals surface area contributed by atoms with Crippen molar-refractivity contribution in [1.82, 2.24) is 10.6 Å². The molecule has 16 heavy (non-hydrogen) atoms. The molecule has 2 N–H and O–H groups in total. The van der Waals surface area contributed by atoms with Gasteiger partial charge in [-0.2, -0.15) is 0 Å². The summed E-state index contributed by atoms with van der Waals surface area (Å²) >= 11 is 1.64. The summed E-state index contributed by atoms with van der Waals surface area (Å²) in [5.41, 5.74) is -0.153. The predicted molar refractivity (Wildman–Crippen MR) is 63.4 cm³/mol. The van der Waals surface area contributed by atoms with Crippen molar-refractivity contribution in [3.63, 3.8) is 0 Å². The number of amides is 1. The van der Waals surface area contributed by atoms with E-state index in [0.717, 1.165) is 18.0 Å². The molecule has 2 heterocycles. The molecule has 1 aliphatic heterocycles. The zero-order chi connectivity index (χ0) is 11.4. The van der Waals surface area contributed by atoms with Crippen molar-refractivity contribution >= 4 is 17.2 Å². The summed E-state index contributed by atoms with van der Waals surface area (Å²) in [7, 11) is 0. The van der Waals surface area contributed by atoms with Gasteiger partial charge in [0.05, 0.1) is 12.1 Å². The van der Waals surface area contributed by atoms with Crippen LogP contribution in [-0.4, -0.2) is 31.2 Å². The van der Waals surface area contributed by atoms with Crippen molar-refractivity contribution in [1.29, 1.82) is 0 Å². The standard InChI is InChI=1S/C11H16N2O2S/c1-11(7-12-8-11)15-6-10(14)13-5-9-3-2-4-16-9/h2-4,12H,5-8H2,1H3,(H,13,14). The second kappa shape index (κ2) is 4.95. The van der Waals surface area contributed by atoms with Crippen LogP contribution in [0.15, 0.2) is 17.5 Å². The van der Waals surface area contributed by atoms with Crippen molar-refractivity contribution < 1.29 is 9.53 Å². The van der Waals surface area contributed by atoms with Crippen LogP contribution in [0.2, 0.25) is 0 Å². The van der Waals surface area contributed by atoms with Crippen LogP contribution in [0.25, 0.3) is 0 Å². The molecule has 5 heteroatoms. The third-order valence-electron chi connectivity index (χ3n) is 2.59. The Bertz CT molecular complexity index is 347. The van der Waals surface area contributed by atoms with Crippen LogP contribution >= 0.6 is 11.3 Å². The van der Waals surface area contributed by atoms with Gasteiger partial charge in [-0.15, -0.1) is 11.3 Å². The molecule has 1 amide bonds. The Labute approximate surface area is 99.0 Å². The van der Waals surface area contributed by atoms with E-state index in [9.17, 15) is 4.79 Å². The van der Waals surface area contributed by atoms with Gasteiger partial charge in [-0.05, 0) is 18.4 Å². The Morgan fingerprint density at radius 3 is 3.06 bits per heavy atom. The number of carbonyl (C=O) groups excluding carboxylic acids is 1. The summed E-state index contributed by atoms with van der Waals surface area (Å²) in [4.78, 5) is 12.6. The minimum atomic E-state index is -0.153. The van der Waals surface area contributed by atoms with Gasteiger partial charge >= 0.3 is 0 Å². The third kappa shape index (κ3) is 3.04. The largest absolute Gasteiger partial charge is 0.363 e. The SMILES string of the molecule is CC1(OCC(=O)NCc2cccs2)CNC1. The van der Waals surface area contributed by atoms with E-state index < -0.39 is 0 Å². The summed E-state index contributed by atoms with van der Waals surface area (Å²) in [5, 5.41) is 7.96. The first-order valence-electron chi connectivity index (χ1n) is 5.32. The minimum absolute atomic E-state index is 0.0541. The van der Waals surface area contributed by atoms with E-state index >= 15 is 0 Å². The lowest BCUT2D eigenvalue weighted by Crippen LogP contribution is -2.59. The zero-order valence-corrected chi connectivity index (χ0v) is 10.1. The highest BCUT2D eigenvalue weighted by Gasteiger charge is 2.32. The van der Waals surface area contributed by atoms with Gasteiger partial charge in [-0.25, -0.2) is 0 Å².